The smallest absolute Gasteiger partial charge is 0.331 e. The number of aromatic nitrogens is 2. The molecule has 4 N–H and O–H groups in total. The highest BCUT2D eigenvalue weighted by Crippen LogP contribution is 2.31. The van der Waals surface area contributed by atoms with Crippen LogP contribution in [0.3, 0.4) is 0 Å². The van der Waals surface area contributed by atoms with Crippen LogP contribution in [0.4, 0.5) is 10.2 Å². The highest BCUT2D eigenvalue weighted by atomic mass is 19.1. The molecule has 11 nitrogen and oxygen atoms in total. The first kappa shape index (κ1) is 15.2. The molecule has 0 aromatic carbocycles. The summed E-state index contributed by atoms with van der Waals surface area (Å²) in [6.45, 7) is -0.674. The molecule has 2 rings (SSSR count). The lowest BCUT2D eigenvalue weighted by atomic mass is 10.1. The average Bonchev–Trinajstić information content (AvgIpc) is 2.73. The number of H-pyrrole nitrogens is 1. The third-order valence-corrected chi connectivity index (χ3v) is 2.97. The number of nitrogens with one attached hydrogen (secondary N) is 1. The van der Waals surface area contributed by atoms with E-state index in [1.807, 2.05) is 0 Å². The molecule has 0 bridgehead atoms. The molecule has 12 heteroatoms. The third-order valence-electron chi connectivity index (χ3n) is 2.97. The van der Waals surface area contributed by atoms with Gasteiger partial charge < -0.3 is 20.1 Å². The van der Waals surface area contributed by atoms with Crippen molar-refractivity contribution in [3.63, 3.8) is 0 Å². The van der Waals surface area contributed by atoms with Gasteiger partial charge in [-0.15, -0.1) is 0 Å². The molecule has 0 spiro atoms. The standard InChI is InChI=1S/C9H10FN5O6/c10-3-6(13-14-11)15(9(20)12-7(3)19)8-5(18)4(17)2(1-16)21-8/h2,4-5,8,16-18H,1H2,(H,12,19,20)/t2-,4?,5?,8-/m0/s1. The second-order valence-electron chi connectivity index (χ2n) is 4.19. The Kier molecular flexibility index (Phi) is 4.06. The zero-order valence-electron chi connectivity index (χ0n) is 10.2. The summed E-state index contributed by atoms with van der Waals surface area (Å²) < 4.78 is 19.1. The number of hydrogen-bond donors (Lipinski definition) is 4. The summed E-state index contributed by atoms with van der Waals surface area (Å²) in [7, 11) is 0. The van der Waals surface area contributed by atoms with Crippen LogP contribution < -0.4 is 11.2 Å². The van der Waals surface area contributed by atoms with Crippen LogP contribution >= 0.6 is 0 Å². The van der Waals surface area contributed by atoms with Gasteiger partial charge in [0.25, 0.3) is 5.56 Å². The number of aromatic amines is 1. The van der Waals surface area contributed by atoms with Crippen LogP contribution in [0.5, 0.6) is 0 Å². The fourth-order valence-corrected chi connectivity index (χ4v) is 1.98. The number of hydrogen-bond acceptors (Lipinski definition) is 7. The summed E-state index contributed by atoms with van der Waals surface area (Å²) in [5.74, 6) is -2.55. The molecule has 2 heterocycles. The minimum atomic E-state index is -1.71. The number of aliphatic hydroxyl groups is 3. The number of azide groups is 1. The Morgan fingerprint density at radius 3 is 2.62 bits per heavy atom. The minimum Gasteiger partial charge on any atom is -0.394 e. The highest BCUT2D eigenvalue weighted by Gasteiger charge is 2.44. The van der Waals surface area contributed by atoms with Gasteiger partial charge in [0.1, 0.15) is 18.3 Å². The lowest BCUT2D eigenvalue weighted by Gasteiger charge is -2.19. The molecule has 2 unspecified atom stereocenters. The van der Waals surface area contributed by atoms with Crippen LogP contribution in [0.1, 0.15) is 6.23 Å². The summed E-state index contributed by atoms with van der Waals surface area (Å²) in [6, 6.07) is 0. The van der Waals surface area contributed by atoms with Crippen molar-refractivity contribution in [3.8, 4) is 0 Å². The topological polar surface area (TPSA) is 174 Å². The first-order chi connectivity index (χ1) is 9.92. The van der Waals surface area contributed by atoms with Crippen LogP contribution in [0.2, 0.25) is 0 Å². The number of halogens is 1. The molecular formula is C9H10FN5O6. The largest absolute Gasteiger partial charge is 0.394 e. The Morgan fingerprint density at radius 1 is 1.43 bits per heavy atom. The Morgan fingerprint density at radius 2 is 2.10 bits per heavy atom. The van der Waals surface area contributed by atoms with Gasteiger partial charge >= 0.3 is 5.69 Å². The van der Waals surface area contributed by atoms with Gasteiger partial charge in [-0.25, -0.2) is 4.79 Å². The second-order valence-corrected chi connectivity index (χ2v) is 4.19. The Labute approximate surface area is 114 Å². The summed E-state index contributed by atoms with van der Waals surface area (Å²) in [5, 5.41) is 31.3. The van der Waals surface area contributed by atoms with E-state index in [0.717, 1.165) is 0 Å². The molecule has 1 aromatic heterocycles. The number of rotatable bonds is 3. The van der Waals surface area contributed by atoms with E-state index in [0.29, 0.717) is 4.57 Å². The fraction of sp³-hybridized carbons (Fsp3) is 0.556. The number of ether oxygens (including phenoxy) is 1. The predicted octanol–water partition coefficient (Wildman–Crippen LogP) is -1.77. The highest BCUT2D eigenvalue weighted by molar-refractivity contribution is 5.29. The van der Waals surface area contributed by atoms with E-state index in [-0.39, 0.29) is 0 Å². The van der Waals surface area contributed by atoms with Crippen LogP contribution in [0.25, 0.3) is 10.4 Å². The van der Waals surface area contributed by atoms with Gasteiger partial charge in [-0.2, -0.15) is 4.39 Å². The van der Waals surface area contributed by atoms with Crippen molar-refractivity contribution >= 4 is 5.82 Å². The maximum atomic E-state index is 13.7. The molecule has 0 aliphatic carbocycles. The summed E-state index contributed by atoms with van der Waals surface area (Å²) in [5.41, 5.74) is 5.76. The Hall–Kier alpha value is -2.24. The Balaban J connectivity index is 2.64. The summed E-state index contributed by atoms with van der Waals surface area (Å²) in [4.78, 5) is 26.8. The lowest BCUT2D eigenvalue weighted by Crippen LogP contribution is -2.39. The molecule has 114 valence electrons. The van der Waals surface area contributed by atoms with Gasteiger partial charge in [0.15, 0.2) is 12.0 Å². The quantitative estimate of drug-likeness (QED) is 0.292. The van der Waals surface area contributed by atoms with E-state index < -0.39 is 54.0 Å². The van der Waals surface area contributed by atoms with E-state index in [9.17, 15) is 24.2 Å². The monoisotopic (exact) mass is 303 g/mol. The van der Waals surface area contributed by atoms with Crippen molar-refractivity contribution < 1.29 is 24.4 Å². The summed E-state index contributed by atoms with van der Waals surface area (Å²) in [6.07, 6.45) is -6.14. The normalized spacial score (nSPS) is 28.4. The first-order valence-electron chi connectivity index (χ1n) is 5.64. The van der Waals surface area contributed by atoms with E-state index in [1.54, 1.807) is 4.98 Å². The van der Waals surface area contributed by atoms with Crippen molar-refractivity contribution in [2.75, 3.05) is 6.61 Å². The second kappa shape index (κ2) is 5.63. The molecule has 21 heavy (non-hydrogen) atoms. The van der Waals surface area contributed by atoms with Gasteiger partial charge in [-0.1, -0.05) is 0 Å². The first-order valence-corrected chi connectivity index (χ1v) is 5.64. The lowest BCUT2D eigenvalue weighted by molar-refractivity contribution is -0.0544. The van der Waals surface area contributed by atoms with Crippen molar-refractivity contribution in [2.24, 2.45) is 5.11 Å². The molecule has 0 radical (unpaired) electrons. The molecule has 0 amide bonds. The van der Waals surface area contributed by atoms with Gasteiger partial charge in [0, 0.05) is 4.91 Å². The fourth-order valence-electron chi connectivity index (χ4n) is 1.98. The van der Waals surface area contributed by atoms with E-state index >= 15 is 0 Å². The third kappa shape index (κ3) is 2.41. The van der Waals surface area contributed by atoms with Crippen molar-refractivity contribution in [1.29, 1.82) is 0 Å². The maximum Gasteiger partial charge on any atom is 0.331 e. The maximum absolute atomic E-state index is 13.7. The number of nitrogens with zero attached hydrogens (tertiary/aromatic N) is 4. The van der Waals surface area contributed by atoms with E-state index in [2.05, 4.69) is 10.0 Å². The number of aliphatic hydroxyl groups excluding tert-OH is 3. The van der Waals surface area contributed by atoms with Crippen LogP contribution in [0.15, 0.2) is 14.7 Å². The minimum absolute atomic E-state index is 0.361. The molecule has 4 atom stereocenters. The summed E-state index contributed by atoms with van der Waals surface area (Å²) >= 11 is 0. The van der Waals surface area contributed by atoms with Crippen molar-refractivity contribution in [1.82, 2.24) is 9.55 Å². The van der Waals surface area contributed by atoms with Gasteiger partial charge in [-0.3, -0.25) is 14.3 Å². The van der Waals surface area contributed by atoms with Crippen LogP contribution in [-0.2, 0) is 4.74 Å². The van der Waals surface area contributed by atoms with Crippen molar-refractivity contribution in [2.45, 2.75) is 24.5 Å². The van der Waals surface area contributed by atoms with Crippen LogP contribution in [-0.4, -0.2) is 49.8 Å². The van der Waals surface area contributed by atoms with E-state index in [1.165, 1.54) is 0 Å². The zero-order chi connectivity index (χ0) is 15.7. The molecule has 0 saturated carbocycles. The molecular weight excluding hydrogens is 293 g/mol. The van der Waals surface area contributed by atoms with Crippen LogP contribution in [0, 0.1) is 5.82 Å². The van der Waals surface area contributed by atoms with Gasteiger partial charge in [-0.05, 0) is 10.6 Å². The van der Waals surface area contributed by atoms with E-state index in [4.69, 9.17) is 15.4 Å². The zero-order valence-corrected chi connectivity index (χ0v) is 10.2. The molecule has 1 saturated heterocycles. The molecule has 1 aromatic rings. The van der Waals surface area contributed by atoms with Crippen molar-refractivity contribution in [3.05, 3.63) is 37.1 Å². The molecule has 1 aliphatic rings. The van der Waals surface area contributed by atoms with Gasteiger partial charge in [0.2, 0.25) is 5.82 Å². The average molecular weight is 303 g/mol. The molecule has 1 fully saturated rings. The van der Waals surface area contributed by atoms with Gasteiger partial charge in [0.05, 0.1) is 6.61 Å². The molecule has 1 aliphatic heterocycles. The Bertz CT molecular complexity index is 710. The SMILES string of the molecule is [N-]=[N+]=Nc1c(F)c(=O)[nH]c(=O)n1[C@H]1O[C@@H](CO)C(O)C1O. The predicted molar refractivity (Wildman–Crippen MR) is 63.1 cm³/mol.